The zero-order chi connectivity index (χ0) is 14.7. The molecular formula is C13H22N2O4S. The van der Waals surface area contributed by atoms with Gasteiger partial charge >= 0.3 is 0 Å². The minimum absolute atomic E-state index is 0.304. The molecule has 1 saturated heterocycles. The quantitative estimate of drug-likeness (QED) is 0.527. The predicted octanol–water partition coefficient (Wildman–Crippen LogP) is -0.159. The number of hydrogen-bond acceptors (Lipinski definition) is 7. The molecule has 2 aliphatic rings. The summed E-state index contributed by atoms with van der Waals surface area (Å²) in [6, 6.07) is -0.499. The number of aliphatic hydroxyl groups is 3. The Morgan fingerprint density at radius 2 is 2.25 bits per heavy atom. The number of nitrogens with one attached hydrogen (secondary N) is 1. The molecule has 1 unspecified atom stereocenters. The van der Waals surface area contributed by atoms with Gasteiger partial charge in [0, 0.05) is 6.54 Å². The molecule has 0 aliphatic carbocycles. The van der Waals surface area contributed by atoms with Crippen molar-refractivity contribution in [2.45, 2.75) is 55.7 Å². The highest BCUT2D eigenvalue weighted by molar-refractivity contribution is 8.14. The number of aliphatic imine (C=N–C) groups is 1. The highest BCUT2D eigenvalue weighted by Crippen LogP contribution is 2.37. The van der Waals surface area contributed by atoms with Crippen molar-refractivity contribution < 1.29 is 20.1 Å². The number of amidine groups is 1. The summed E-state index contributed by atoms with van der Waals surface area (Å²) in [5, 5.41) is 34.1. The molecule has 6 nitrogen and oxygen atoms in total. The summed E-state index contributed by atoms with van der Waals surface area (Å²) in [5.41, 5.74) is -0.378. The maximum atomic E-state index is 10.2. The number of ether oxygens (including phenoxy) is 1. The van der Waals surface area contributed by atoms with Gasteiger partial charge in [-0.2, -0.15) is 0 Å². The first-order valence-corrected chi connectivity index (χ1v) is 7.75. The van der Waals surface area contributed by atoms with Crippen molar-refractivity contribution in [2.75, 3.05) is 6.54 Å². The molecule has 4 N–H and O–H groups in total. The average Bonchev–Trinajstić information content (AvgIpc) is 2.84. The molecule has 2 heterocycles. The van der Waals surface area contributed by atoms with Gasteiger partial charge in [-0.15, -0.1) is 6.58 Å². The lowest BCUT2D eigenvalue weighted by molar-refractivity contribution is -0.184. The van der Waals surface area contributed by atoms with Crippen LogP contribution in [0.3, 0.4) is 0 Å². The van der Waals surface area contributed by atoms with Crippen LogP contribution in [0.5, 0.6) is 0 Å². The van der Waals surface area contributed by atoms with Crippen LogP contribution in [0.15, 0.2) is 17.6 Å². The second-order valence-corrected chi connectivity index (χ2v) is 6.10. The van der Waals surface area contributed by atoms with Gasteiger partial charge in [0.2, 0.25) is 0 Å². The number of thioether (sulfide) groups is 1. The summed E-state index contributed by atoms with van der Waals surface area (Å²) in [7, 11) is 0. The van der Waals surface area contributed by atoms with E-state index in [1.54, 1.807) is 6.08 Å². The van der Waals surface area contributed by atoms with Crippen LogP contribution in [0.4, 0.5) is 0 Å². The normalized spacial score (nSPS) is 38.0. The number of fused-ring (bicyclic) bond motifs is 1. The van der Waals surface area contributed by atoms with E-state index in [1.807, 2.05) is 0 Å². The molecule has 7 heteroatoms. The molecule has 0 aromatic heterocycles. The standard InChI is InChI=1S/C13H22N2O4S/c1-3-5-7(16)11-10(18)9(17)8-12(19-11)20-13(15-8)14-6-4-2/h3,7-12,16-18H,1,4-6H2,2H3,(H,14,15)/t7?,8-,9-,10+,11-,12-/m1/s1. The Morgan fingerprint density at radius 3 is 2.90 bits per heavy atom. The minimum Gasteiger partial charge on any atom is -0.390 e. The summed E-state index contributed by atoms with van der Waals surface area (Å²) in [4.78, 5) is 4.35. The van der Waals surface area contributed by atoms with E-state index >= 15 is 0 Å². The first-order valence-electron chi connectivity index (χ1n) is 6.87. The van der Waals surface area contributed by atoms with Crippen LogP contribution in [0.25, 0.3) is 0 Å². The largest absolute Gasteiger partial charge is 0.390 e. The molecule has 0 saturated carbocycles. The van der Waals surface area contributed by atoms with Crippen LogP contribution in [0.1, 0.15) is 19.8 Å². The van der Waals surface area contributed by atoms with Crippen molar-refractivity contribution in [3.05, 3.63) is 12.7 Å². The summed E-state index contributed by atoms with van der Waals surface area (Å²) >= 11 is 1.39. The Labute approximate surface area is 122 Å². The Bertz CT molecular complexity index is 379. The molecule has 6 atom stereocenters. The SMILES string of the molecule is C=CCC(O)[C@H]1O[C@@H]2SC(NCCC)=N[C@@H]2[C@@H](O)[C@@H]1O. The zero-order valence-electron chi connectivity index (χ0n) is 11.5. The van der Waals surface area contributed by atoms with Crippen LogP contribution in [0.2, 0.25) is 0 Å². The van der Waals surface area contributed by atoms with Gasteiger partial charge in [0.05, 0.1) is 6.10 Å². The molecule has 0 aromatic rings. The first-order chi connectivity index (χ1) is 9.58. The predicted molar refractivity (Wildman–Crippen MR) is 78.6 cm³/mol. The van der Waals surface area contributed by atoms with Gasteiger partial charge in [0.25, 0.3) is 0 Å². The molecule has 2 aliphatic heterocycles. The fourth-order valence-electron chi connectivity index (χ4n) is 2.33. The van der Waals surface area contributed by atoms with E-state index in [4.69, 9.17) is 4.74 Å². The molecule has 0 bridgehead atoms. The topological polar surface area (TPSA) is 94.3 Å². The van der Waals surface area contributed by atoms with Gasteiger partial charge in [-0.1, -0.05) is 24.8 Å². The maximum Gasteiger partial charge on any atom is 0.159 e. The van der Waals surface area contributed by atoms with Crippen LogP contribution in [-0.4, -0.2) is 62.9 Å². The highest BCUT2D eigenvalue weighted by atomic mass is 32.2. The second-order valence-electron chi connectivity index (χ2n) is 5.01. The minimum atomic E-state index is -1.15. The molecule has 2 rings (SSSR count). The smallest absolute Gasteiger partial charge is 0.159 e. The Kier molecular flexibility index (Phi) is 5.45. The molecular weight excluding hydrogens is 280 g/mol. The Balaban J connectivity index is 2.03. The molecule has 1 fully saturated rings. The van der Waals surface area contributed by atoms with Crippen LogP contribution in [-0.2, 0) is 4.74 Å². The Morgan fingerprint density at radius 1 is 1.50 bits per heavy atom. The van der Waals surface area contributed by atoms with Crippen molar-refractivity contribution >= 4 is 16.9 Å². The van der Waals surface area contributed by atoms with Crippen molar-refractivity contribution in [1.29, 1.82) is 0 Å². The lowest BCUT2D eigenvalue weighted by Gasteiger charge is -2.40. The molecule has 114 valence electrons. The third kappa shape index (κ3) is 3.17. The second kappa shape index (κ2) is 6.91. The van der Waals surface area contributed by atoms with Crippen molar-refractivity contribution in [2.24, 2.45) is 4.99 Å². The number of aliphatic hydroxyl groups excluding tert-OH is 3. The monoisotopic (exact) mass is 302 g/mol. The van der Waals surface area contributed by atoms with Crippen LogP contribution >= 0.6 is 11.8 Å². The van der Waals surface area contributed by atoms with E-state index in [0.717, 1.165) is 13.0 Å². The lowest BCUT2D eigenvalue weighted by atomic mass is 9.94. The summed E-state index contributed by atoms with van der Waals surface area (Å²) in [5.74, 6) is 0. The lowest BCUT2D eigenvalue weighted by Crippen LogP contribution is -2.58. The number of hydrogen-bond donors (Lipinski definition) is 4. The van der Waals surface area contributed by atoms with E-state index in [-0.39, 0.29) is 5.44 Å². The Hall–Kier alpha value is -0.600. The average molecular weight is 302 g/mol. The fraction of sp³-hybridized carbons (Fsp3) is 0.769. The fourth-order valence-corrected chi connectivity index (χ4v) is 3.46. The van der Waals surface area contributed by atoms with Gasteiger partial charge in [-0.05, 0) is 12.8 Å². The van der Waals surface area contributed by atoms with Crippen LogP contribution < -0.4 is 5.32 Å². The van der Waals surface area contributed by atoms with Gasteiger partial charge in [0.15, 0.2) is 5.17 Å². The molecule has 0 spiro atoms. The van der Waals surface area contributed by atoms with Gasteiger partial charge in [0.1, 0.15) is 29.8 Å². The van der Waals surface area contributed by atoms with E-state index < -0.39 is 30.5 Å². The van der Waals surface area contributed by atoms with Crippen LogP contribution in [0, 0.1) is 0 Å². The maximum absolute atomic E-state index is 10.2. The van der Waals surface area contributed by atoms with E-state index in [0.29, 0.717) is 11.6 Å². The zero-order valence-corrected chi connectivity index (χ0v) is 12.3. The van der Waals surface area contributed by atoms with Gasteiger partial charge < -0.3 is 25.4 Å². The summed E-state index contributed by atoms with van der Waals surface area (Å²) in [6.07, 6.45) is -1.05. The molecule has 0 radical (unpaired) electrons. The van der Waals surface area contributed by atoms with Gasteiger partial charge in [-0.25, -0.2) is 0 Å². The highest BCUT2D eigenvalue weighted by Gasteiger charge is 2.49. The summed E-state index contributed by atoms with van der Waals surface area (Å²) < 4.78 is 5.72. The van der Waals surface area contributed by atoms with Crippen molar-refractivity contribution in [3.8, 4) is 0 Å². The van der Waals surface area contributed by atoms with E-state index in [1.165, 1.54) is 11.8 Å². The van der Waals surface area contributed by atoms with E-state index in [9.17, 15) is 15.3 Å². The third-order valence-corrected chi connectivity index (χ3v) is 4.51. The number of nitrogens with zero attached hydrogens (tertiary/aromatic N) is 1. The molecule has 0 aromatic carbocycles. The number of rotatable bonds is 5. The molecule has 20 heavy (non-hydrogen) atoms. The van der Waals surface area contributed by atoms with Crippen molar-refractivity contribution in [1.82, 2.24) is 5.32 Å². The first kappa shape index (κ1) is 15.8. The van der Waals surface area contributed by atoms with E-state index in [2.05, 4.69) is 23.8 Å². The van der Waals surface area contributed by atoms with Gasteiger partial charge in [-0.3, -0.25) is 4.99 Å². The van der Waals surface area contributed by atoms with Crippen molar-refractivity contribution in [3.63, 3.8) is 0 Å². The third-order valence-electron chi connectivity index (χ3n) is 3.41. The summed E-state index contributed by atoms with van der Waals surface area (Å²) in [6.45, 7) is 6.40. The molecule has 0 amide bonds.